The largest absolute Gasteiger partial charge is 0.478 e. The molecule has 1 amide bonds. The molecular formula is C25H21N3O5. The maximum Gasteiger partial charge on any atom is 0.335 e. The van der Waals surface area contributed by atoms with Gasteiger partial charge in [-0.2, -0.15) is 5.26 Å². The van der Waals surface area contributed by atoms with E-state index in [0.717, 1.165) is 11.6 Å². The average Bonchev–Trinajstić information content (AvgIpc) is 3.04. The van der Waals surface area contributed by atoms with Gasteiger partial charge in [-0.15, -0.1) is 0 Å². The predicted octanol–water partition coefficient (Wildman–Crippen LogP) is 4.34. The SMILES string of the molecule is Cc1cccc(NC(=O)/C(C#N)=C\c2cc(C)n(-c3cc(C(=O)O)cc(C(=O)O)c3)c2C)c1. The number of carboxylic acids is 2. The molecule has 33 heavy (non-hydrogen) atoms. The van der Waals surface area contributed by atoms with Crippen molar-refractivity contribution in [2.45, 2.75) is 20.8 Å². The molecule has 0 aliphatic carbocycles. The molecule has 0 unspecified atom stereocenters. The number of aromatic nitrogens is 1. The molecule has 0 fully saturated rings. The predicted molar refractivity (Wildman–Crippen MR) is 123 cm³/mol. The lowest BCUT2D eigenvalue weighted by Gasteiger charge is -2.12. The highest BCUT2D eigenvalue weighted by molar-refractivity contribution is 6.09. The number of rotatable bonds is 6. The van der Waals surface area contributed by atoms with Gasteiger partial charge < -0.3 is 20.1 Å². The fourth-order valence-corrected chi connectivity index (χ4v) is 3.54. The molecule has 0 spiro atoms. The first-order valence-electron chi connectivity index (χ1n) is 9.91. The Hall–Kier alpha value is -4.64. The lowest BCUT2D eigenvalue weighted by molar-refractivity contribution is -0.112. The first kappa shape index (κ1) is 23.0. The Bertz CT molecular complexity index is 1330. The summed E-state index contributed by atoms with van der Waals surface area (Å²) < 4.78 is 1.68. The molecule has 0 saturated heterocycles. The van der Waals surface area contributed by atoms with Crippen LogP contribution in [0.15, 0.2) is 54.1 Å². The Labute approximate surface area is 190 Å². The molecule has 166 valence electrons. The van der Waals surface area contributed by atoms with Gasteiger partial charge in [0.25, 0.3) is 5.91 Å². The second-order valence-electron chi connectivity index (χ2n) is 7.53. The van der Waals surface area contributed by atoms with E-state index >= 15 is 0 Å². The van der Waals surface area contributed by atoms with Crippen LogP contribution >= 0.6 is 0 Å². The summed E-state index contributed by atoms with van der Waals surface area (Å²) in [5, 5.41) is 31.0. The fraction of sp³-hybridized carbons (Fsp3) is 0.120. The first-order chi connectivity index (χ1) is 15.6. The molecule has 2 aromatic carbocycles. The molecule has 8 nitrogen and oxygen atoms in total. The minimum atomic E-state index is -1.25. The molecule has 0 radical (unpaired) electrons. The minimum absolute atomic E-state index is 0.109. The zero-order valence-corrected chi connectivity index (χ0v) is 18.2. The van der Waals surface area contributed by atoms with Crippen molar-refractivity contribution >= 4 is 29.6 Å². The van der Waals surface area contributed by atoms with Crippen LogP contribution in [0.25, 0.3) is 11.8 Å². The van der Waals surface area contributed by atoms with Crippen LogP contribution in [-0.2, 0) is 4.79 Å². The zero-order chi connectivity index (χ0) is 24.3. The molecule has 1 aromatic heterocycles. The number of nitriles is 1. The Kier molecular flexibility index (Phi) is 6.45. The second-order valence-corrected chi connectivity index (χ2v) is 7.53. The number of aromatic carboxylic acids is 2. The monoisotopic (exact) mass is 443 g/mol. The summed E-state index contributed by atoms with van der Waals surface area (Å²) in [7, 11) is 0. The molecule has 0 saturated carbocycles. The highest BCUT2D eigenvalue weighted by atomic mass is 16.4. The van der Waals surface area contributed by atoms with Gasteiger partial charge in [-0.05, 0) is 74.4 Å². The molecular weight excluding hydrogens is 422 g/mol. The van der Waals surface area contributed by atoms with Crippen LogP contribution in [0.1, 0.15) is 43.2 Å². The summed E-state index contributed by atoms with van der Waals surface area (Å²) >= 11 is 0. The van der Waals surface area contributed by atoms with E-state index in [9.17, 15) is 29.9 Å². The topological polar surface area (TPSA) is 132 Å². The third kappa shape index (κ3) is 4.99. The van der Waals surface area contributed by atoms with Crippen LogP contribution in [0.4, 0.5) is 5.69 Å². The number of carbonyl (C=O) groups excluding carboxylic acids is 1. The van der Waals surface area contributed by atoms with Crippen LogP contribution in [0.3, 0.4) is 0 Å². The van der Waals surface area contributed by atoms with Crippen molar-refractivity contribution in [1.82, 2.24) is 4.57 Å². The Morgan fingerprint density at radius 1 is 0.970 bits per heavy atom. The Morgan fingerprint density at radius 3 is 2.15 bits per heavy atom. The second kappa shape index (κ2) is 9.24. The van der Waals surface area contributed by atoms with E-state index in [1.54, 1.807) is 42.7 Å². The molecule has 8 heteroatoms. The van der Waals surface area contributed by atoms with E-state index in [1.807, 2.05) is 19.1 Å². The van der Waals surface area contributed by atoms with Gasteiger partial charge in [0.2, 0.25) is 0 Å². The summed E-state index contributed by atoms with van der Waals surface area (Å²) in [4.78, 5) is 35.6. The minimum Gasteiger partial charge on any atom is -0.478 e. The van der Waals surface area contributed by atoms with Gasteiger partial charge in [0.05, 0.1) is 11.1 Å². The van der Waals surface area contributed by atoms with Crippen LogP contribution in [0, 0.1) is 32.1 Å². The van der Waals surface area contributed by atoms with Crippen molar-refractivity contribution in [1.29, 1.82) is 5.26 Å². The number of amides is 1. The van der Waals surface area contributed by atoms with E-state index in [0.29, 0.717) is 28.3 Å². The average molecular weight is 443 g/mol. The number of carboxylic acid groups (broad SMARTS) is 2. The number of aryl methyl sites for hydroxylation is 2. The van der Waals surface area contributed by atoms with Gasteiger partial charge in [0.15, 0.2) is 0 Å². The highest BCUT2D eigenvalue weighted by Crippen LogP contribution is 2.25. The van der Waals surface area contributed by atoms with Gasteiger partial charge in [0, 0.05) is 22.8 Å². The van der Waals surface area contributed by atoms with Crippen molar-refractivity contribution in [3.05, 3.63) is 87.7 Å². The molecule has 0 aliphatic heterocycles. The maximum atomic E-state index is 12.6. The number of benzene rings is 2. The molecule has 3 aromatic rings. The van der Waals surface area contributed by atoms with Gasteiger partial charge in [-0.1, -0.05) is 12.1 Å². The van der Waals surface area contributed by atoms with Gasteiger partial charge in [0.1, 0.15) is 11.6 Å². The number of nitrogens with one attached hydrogen (secondary N) is 1. The lowest BCUT2D eigenvalue weighted by atomic mass is 10.1. The van der Waals surface area contributed by atoms with E-state index < -0.39 is 17.8 Å². The molecule has 1 heterocycles. The van der Waals surface area contributed by atoms with Crippen molar-refractivity contribution < 1.29 is 24.6 Å². The molecule has 0 atom stereocenters. The van der Waals surface area contributed by atoms with E-state index in [-0.39, 0.29) is 16.7 Å². The van der Waals surface area contributed by atoms with Crippen molar-refractivity contribution in [3.8, 4) is 11.8 Å². The quantitative estimate of drug-likeness (QED) is 0.383. The Morgan fingerprint density at radius 2 is 1.61 bits per heavy atom. The number of hydrogen-bond donors (Lipinski definition) is 3. The highest BCUT2D eigenvalue weighted by Gasteiger charge is 2.17. The number of carbonyl (C=O) groups is 3. The van der Waals surface area contributed by atoms with E-state index in [4.69, 9.17) is 0 Å². The number of hydrogen-bond acceptors (Lipinski definition) is 4. The molecule has 0 bridgehead atoms. The maximum absolute atomic E-state index is 12.6. The zero-order valence-electron chi connectivity index (χ0n) is 18.2. The van der Waals surface area contributed by atoms with E-state index in [2.05, 4.69) is 5.32 Å². The Balaban J connectivity index is 2.03. The van der Waals surface area contributed by atoms with Crippen molar-refractivity contribution in [2.75, 3.05) is 5.32 Å². The van der Waals surface area contributed by atoms with Gasteiger partial charge in [-0.25, -0.2) is 9.59 Å². The number of anilines is 1. The first-order valence-corrected chi connectivity index (χ1v) is 9.91. The van der Waals surface area contributed by atoms with Crippen LogP contribution in [-0.4, -0.2) is 32.6 Å². The smallest absolute Gasteiger partial charge is 0.335 e. The standard InChI is InChI=1S/C25H21N3O5/c1-14-5-4-6-21(7-14)27-23(29)20(13-26)9-17-8-15(2)28(16(17)3)22-11-18(24(30)31)10-19(12-22)25(32)33/h4-12H,1-3H3,(H,27,29)(H,30,31)(H,32,33)/b20-9-. The summed E-state index contributed by atoms with van der Waals surface area (Å²) in [5.74, 6) is -3.06. The van der Waals surface area contributed by atoms with Crippen LogP contribution in [0.2, 0.25) is 0 Å². The van der Waals surface area contributed by atoms with Gasteiger partial charge in [-0.3, -0.25) is 4.79 Å². The summed E-state index contributed by atoms with van der Waals surface area (Å²) in [6, 6.07) is 14.7. The van der Waals surface area contributed by atoms with Gasteiger partial charge >= 0.3 is 11.9 Å². The third-order valence-corrected chi connectivity index (χ3v) is 5.08. The third-order valence-electron chi connectivity index (χ3n) is 5.08. The lowest BCUT2D eigenvalue weighted by Crippen LogP contribution is -2.13. The summed E-state index contributed by atoms with van der Waals surface area (Å²) in [6.45, 7) is 5.39. The normalized spacial score (nSPS) is 11.0. The molecule has 0 aliphatic rings. The van der Waals surface area contributed by atoms with E-state index in [1.165, 1.54) is 18.2 Å². The fourth-order valence-electron chi connectivity index (χ4n) is 3.54. The van der Waals surface area contributed by atoms with Crippen LogP contribution < -0.4 is 5.32 Å². The summed E-state index contributed by atoms with van der Waals surface area (Å²) in [6.07, 6.45) is 1.45. The molecule has 3 N–H and O–H groups in total. The summed E-state index contributed by atoms with van der Waals surface area (Å²) in [5.41, 5.74) is 3.31. The van der Waals surface area contributed by atoms with Crippen LogP contribution in [0.5, 0.6) is 0 Å². The van der Waals surface area contributed by atoms with Crippen molar-refractivity contribution in [3.63, 3.8) is 0 Å². The molecule has 3 rings (SSSR count). The van der Waals surface area contributed by atoms with Crippen molar-refractivity contribution in [2.24, 2.45) is 0 Å². The number of nitrogens with zero attached hydrogens (tertiary/aromatic N) is 2.